The molecule has 0 heterocycles. The van der Waals surface area contributed by atoms with Gasteiger partial charge in [0.2, 0.25) is 0 Å². The highest BCUT2D eigenvalue weighted by molar-refractivity contribution is 5.94. The molecule has 1 saturated carbocycles. The first-order valence-electron chi connectivity index (χ1n) is 5.75. The summed E-state index contributed by atoms with van der Waals surface area (Å²) in [6.07, 6.45) is 1.93. The molecule has 0 aliphatic heterocycles. The van der Waals surface area contributed by atoms with E-state index in [4.69, 9.17) is 5.11 Å². The second kappa shape index (κ2) is 4.99. The molecule has 1 aliphatic rings. The molecule has 0 bridgehead atoms. The Morgan fingerprint density at radius 2 is 1.88 bits per heavy atom. The number of hydrogen-bond acceptors (Lipinski definition) is 2. The maximum Gasteiger partial charge on any atom is 0.306 e. The van der Waals surface area contributed by atoms with E-state index in [0.29, 0.717) is 18.4 Å². The summed E-state index contributed by atoms with van der Waals surface area (Å²) in [5, 5.41) is 11.7. The van der Waals surface area contributed by atoms with Crippen LogP contribution in [-0.2, 0) is 4.79 Å². The van der Waals surface area contributed by atoms with Crippen molar-refractivity contribution in [1.82, 2.24) is 5.32 Å². The van der Waals surface area contributed by atoms with Gasteiger partial charge in [0.1, 0.15) is 0 Å². The minimum atomic E-state index is -0.763. The van der Waals surface area contributed by atoms with Crippen LogP contribution in [0.5, 0.6) is 0 Å². The van der Waals surface area contributed by atoms with Crippen molar-refractivity contribution in [3.63, 3.8) is 0 Å². The van der Waals surface area contributed by atoms with E-state index in [9.17, 15) is 9.59 Å². The van der Waals surface area contributed by atoms with Gasteiger partial charge in [-0.15, -0.1) is 0 Å². The van der Waals surface area contributed by atoms with Gasteiger partial charge in [0.15, 0.2) is 0 Å². The molecule has 0 spiro atoms. The Bertz CT molecular complexity index is 416. The number of amides is 1. The summed E-state index contributed by atoms with van der Waals surface area (Å²) in [5.74, 6) is -1.20. The standard InChI is InChI=1S/C13H15NO3/c15-12(9-4-2-1-3-5-9)14-11-7-6-10(8-11)13(16)17/h1-5,10-11H,6-8H2,(H,14,15)(H,16,17). The summed E-state index contributed by atoms with van der Waals surface area (Å²) < 4.78 is 0. The Balaban J connectivity index is 1.91. The highest BCUT2D eigenvalue weighted by Gasteiger charge is 2.30. The number of carboxylic acids is 1. The van der Waals surface area contributed by atoms with Crippen LogP contribution in [0.4, 0.5) is 0 Å². The molecule has 4 nitrogen and oxygen atoms in total. The van der Waals surface area contributed by atoms with Crippen LogP contribution in [0.25, 0.3) is 0 Å². The number of carbonyl (C=O) groups excluding carboxylic acids is 1. The van der Waals surface area contributed by atoms with Crippen LogP contribution in [0.2, 0.25) is 0 Å². The third kappa shape index (κ3) is 2.84. The molecule has 0 saturated heterocycles. The number of benzene rings is 1. The lowest BCUT2D eigenvalue weighted by Crippen LogP contribution is -2.33. The molecule has 0 aromatic heterocycles. The normalized spacial score (nSPS) is 23.3. The van der Waals surface area contributed by atoms with Crippen LogP contribution < -0.4 is 5.32 Å². The van der Waals surface area contributed by atoms with Crippen LogP contribution >= 0.6 is 0 Å². The first kappa shape index (κ1) is 11.6. The third-order valence-electron chi connectivity index (χ3n) is 3.15. The van der Waals surface area contributed by atoms with E-state index in [-0.39, 0.29) is 17.9 Å². The number of carboxylic acid groups (broad SMARTS) is 1. The van der Waals surface area contributed by atoms with Crippen LogP contribution in [0.3, 0.4) is 0 Å². The fourth-order valence-corrected chi connectivity index (χ4v) is 2.20. The summed E-state index contributed by atoms with van der Waals surface area (Å²) >= 11 is 0. The highest BCUT2D eigenvalue weighted by atomic mass is 16.4. The quantitative estimate of drug-likeness (QED) is 0.834. The summed E-state index contributed by atoms with van der Waals surface area (Å²) in [7, 11) is 0. The highest BCUT2D eigenvalue weighted by Crippen LogP contribution is 2.25. The second-order valence-electron chi connectivity index (χ2n) is 4.38. The van der Waals surface area contributed by atoms with Gasteiger partial charge < -0.3 is 10.4 Å². The van der Waals surface area contributed by atoms with Crippen molar-refractivity contribution in [3.05, 3.63) is 35.9 Å². The lowest BCUT2D eigenvalue weighted by atomic mass is 10.1. The van der Waals surface area contributed by atoms with Crippen molar-refractivity contribution < 1.29 is 14.7 Å². The van der Waals surface area contributed by atoms with Crippen LogP contribution in [-0.4, -0.2) is 23.0 Å². The Morgan fingerprint density at radius 3 is 2.47 bits per heavy atom. The first-order valence-corrected chi connectivity index (χ1v) is 5.75. The molecule has 1 aliphatic carbocycles. The predicted molar refractivity (Wildman–Crippen MR) is 62.7 cm³/mol. The van der Waals surface area contributed by atoms with Gasteiger partial charge in [0, 0.05) is 11.6 Å². The van der Waals surface area contributed by atoms with E-state index in [1.165, 1.54) is 0 Å². The SMILES string of the molecule is O=C(NC1CCC(C(=O)O)C1)c1ccccc1. The Labute approximate surface area is 99.6 Å². The minimum absolute atomic E-state index is 0.0104. The second-order valence-corrected chi connectivity index (χ2v) is 4.38. The van der Waals surface area contributed by atoms with Crippen molar-refractivity contribution in [1.29, 1.82) is 0 Å². The van der Waals surface area contributed by atoms with E-state index in [0.717, 1.165) is 6.42 Å². The topological polar surface area (TPSA) is 66.4 Å². The van der Waals surface area contributed by atoms with Gasteiger partial charge in [0.25, 0.3) is 5.91 Å². The zero-order valence-electron chi connectivity index (χ0n) is 9.43. The van der Waals surface area contributed by atoms with E-state index >= 15 is 0 Å². The molecule has 1 fully saturated rings. The van der Waals surface area contributed by atoms with Crippen molar-refractivity contribution in [2.24, 2.45) is 5.92 Å². The van der Waals surface area contributed by atoms with Crippen molar-refractivity contribution in [2.45, 2.75) is 25.3 Å². The maximum absolute atomic E-state index is 11.8. The number of aliphatic carboxylic acids is 1. The molecule has 2 atom stereocenters. The van der Waals surface area contributed by atoms with Gasteiger partial charge in [-0.2, -0.15) is 0 Å². The molecule has 2 rings (SSSR count). The maximum atomic E-state index is 11.8. The molecule has 1 aromatic carbocycles. The Hall–Kier alpha value is -1.84. The van der Waals surface area contributed by atoms with Gasteiger partial charge >= 0.3 is 5.97 Å². The first-order chi connectivity index (χ1) is 8.16. The van der Waals surface area contributed by atoms with Crippen LogP contribution in [0.1, 0.15) is 29.6 Å². The summed E-state index contributed by atoms with van der Waals surface area (Å²) in [6, 6.07) is 8.96. The average Bonchev–Trinajstić information content (AvgIpc) is 2.79. The lowest BCUT2D eigenvalue weighted by Gasteiger charge is -2.12. The monoisotopic (exact) mass is 233 g/mol. The van der Waals surface area contributed by atoms with Crippen LogP contribution in [0, 0.1) is 5.92 Å². The molecule has 2 unspecified atom stereocenters. The van der Waals surface area contributed by atoms with Gasteiger partial charge in [-0.3, -0.25) is 9.59 Å². The fourth-order valence-electron chi connectivity index (χ4n) is 2.20. The predicted octanol–water partition coefficient (Wildman–Crippen LogP) is 1.67. The number of carbonyl (C=O) groups is 2. The van der Waals surface area contributed by atoms with Gasteiger partial charge in [-0.05, 0) is 31.4 Å². The third-order valence-corrected chi connectivity index (χ3v) is 3.15. The van der Waals surface area contributed by atoms with Gasteiger partial charge in [-0.25, -0.2) is 0 Å². The smallest absolute Gasteiger partial charge is 0.306 e. The molecule has 1 aromatic rings. The van der Waals surface area contributed by atoms with Gasteiger partial charge in [0.05, 0.1) is 5.92 Å². The lowest BCUT2D eigenvalue weighted by molar-refractivity contribution is -0.141. The van der Waals surface area contributed by atoms with E-state index in [1.54, 1.807) is 12.1 Å². The molecule has 17 heavy (non-hydrogen) atoms. The van der Waals surface area contributed by atoms with E-state index in [2.05, 4.69) is 5.32 Å². The van der Waals surface area contributed by atoms with Gasteiger partial charge in [-0.1, -0.05) is 18.2 Å². The number of nitrogens with one attached hydrogen (secondary N) is 1. The zero-order chi connectivity index (χ0) is 12.3. The summed E-state index contributed by atoms with van der Waals surface area (Å²) in [6.45, 7) is 0. The van der Waals surface area contributed by atoms with Crippen molar-refractivity contribution >= 4 is 11.9 Å². The Kier molecular flexibility index (Phi) is 3.42. The molecule has 0 radical (unpaired) electrons. The Morgan fingerprint density at radius 1 is 1.18 bits per heavy atom. The summed E-state index contributed by atoms with van der Waals surface area (Å²) in [5.41, 5.74) is 0.617. The van der Waals surface area contributed by atoms with Crippen molar-refractivity contribution in [3.8, 4) is 0 Å². The number of rotatable bonds is 3. The molecule has 4 heteroatoms. The molecule has 90 valence electrons. The zero-order valence-corrected chi connectivity index (χ0v) is 9.43. The largest absolute Gasteiger partial charge is 0.481 e. The number of hydrogen-bond donors (Lipinski definition) is 2. The fraction of sp³-hybridized carbons (Fsp3) is 0.385. The molecular formula is C13H15NO3. The molecular weight excluding hydrogens is 218 g/mol. The van der Waals surface area contributed by atoms with Crippen molar-refractivity contribution in [2.75, 3.05) is 0 Å². The molecule has 1 amide bonds. The average molecular weight is 233 g/mol. The van der Waals surface area contributed by atoms with E-state index in [1.807, 2.05) is 18.2 Å². The van der Waals surface area contributed by atoms with Crippen LogP contribution in [0.15, 0.2) is 30.3 Å². The minimum Gasteiger partial charge on any atom is -0.481 e. The summed E-state index contributed by atoms with van der Waals surface area (Å²) in [4.78, 5) is 22.6. The van der Waals surface area contributed by atoms with E-state index < -0.39 is 5.97 Å². The molecule has 2 N–H and O–H groups in total.